The molecule has 4 aromatic heterocycles. The normalized spacial score (nSPS) is 13.7. The number of imidazole rings is 1. The fraction of sp³-hybridized carbons (Fsp3) is 0.352. The number of rotatable bonds is 7. The largest absolute Gasteiger partial charge is 0.486 e. The first-order valence-electron chi connectivity index (χ1n) is 21.9. The third kappa shape index (κ3) is 8.98. The van der Waals surface area contributed by atoms with Crippen molar-refractivity contribution in [2.45, 2.75) is 124 Å². The third-order valence-electron chi connectivity index (χ3n) is 12.2. The maximum absolute atomic E-state index is 5.89. The summed E-state index contributed by atoms with van der Waals surface area (Å²) < 4.78 is 8.30. The molecule has 4 aromatic carbocycles. The van der Waals surface area contributed by atoms with E-state index >= 15 is 0 Å². The van der Waals surface area contributed by atoms with Crippen LogP contribution in [0.3, 0.4) is 0 Å². The van der Waals surface area contributed by atoms with Gasteiger partial charge in [0.25, 0.3) is 0 Å². The summed E-state index contributed by atoms with van der Waals surface area (Å²) in [6.45, 7) is 25.3. The Morgan fingerprint density at radius 1 is 0.787 bits per heavy atom. The Morgan fingerprint density at radius 2 is 1.51 bits per heavy atom. The van der Waals surface area contributed by atoms with Crippen LogP contribution >= 0.6 is 0 Å². The van der Waals surface area contributed by atoms with E-state index in [0.717, 1.165) is 55.7 Å². The summed E-state index contributed by atoms with van der Waals surface area (Å²) >= 11 is 0. The monoisotopic (exact) mass is 1000 g/mol. The van der Waals surface area contributed by atoms with Gasteiger partial charge in [-0.1, -0.05) is 122 Å². The second-order valence-electron chi connectivity index (χ2n) is 19.5. The number of pyridine rings is 2. The average Bonchev–Trinajstić information content (AvgIpc) is 3.98. The minimum absolute atomic E-state index is 0. The number of para-hydroxylation sites is 2. The van der Waals surface area contributed by atoms with Gasteiger partial charge in [-0.3, -0.25) is 4.98 Å². The van der Waals surface area contributed by atoms with Crippen LogP contribution in [-0.4, -0.2) is 27.6 Å². The van der Waals surface area contributed by atoms with Crippen LogP contribution in [0.25, 0.3) is 61.4 Å². The Morgan fingerprint density at radius 3 is 2.18 bits per heavy atom. The Bertz CT molecular complexity index is 2820. The molecule has 7 heteroatoms. The topological polar surface area (TPSA) is 56.7 Å². The van der Waals surface area contributed by atoms with Gasteiger partial charge in [-0.25, -0.2) is 4.98 Å². The Balaban J connectivity index is 0.000000185. The molecule has 317 valence electrons. The van der Waals surface area contributed by atoms with Crippen LogP contribution in [0.5, 0.6) is 0 Å². The van der Waals surface area contributed by atoms with Gasteiger partial charge in [0.1, 0.15) is 0 Å². The standard InChI is InChI=1S/C31H35N2.C23H25N2OSi.Ir/c1-21(2)25-19-24(22-13-9-10-14-22)20-26(31(3,4)5)29(25)33-28-18-12-11-17-27(28)32-30(33)23-15-7-6-8-16-23;1-14(2)18-12-20(24-13-22(18)27(4,5)6)16-8-10-21-19(11-16)17-9-7-15(3)25-23(17)26-21;/h6-8,11-12,15,17-22H,9-10,13-14H2,1-5H3;7,9-14H,1-6H3;/q2*-1;. The predicted molar refractivity (Wildman–Crippen MR) is 255 cm³/mol. The third-order valence-corrected chi connectivity index (χ3v) is 14.2. The molecule has 0 spiro atoms. The summed E-state index contributed by atoms with van der Waals surface area (Å²) in [6, 6.07) is 38.9. The Kier molecular flexibility index (Phi) is 12.8. The van der Waals surface area contributed by atoms with Gasteiger partial charge < -0.3 is 14.0 Å². The summed E-state index contributed by atoms with van der Waals surface area (Å²) in [5, 5.41) is 3.54. The minimum atomic E-state index is -1.44. The summed E-state index contributed by atoms with van der Waals surface area (Å²) in [4.78, 5) is 14.4. The minimum Gasteiger partial charge on any atom is -0.486 e. The van der Waals surface area contributed by atoms with E-state index in [1.807, 2.05) is 31.2 Å². The molecule has 1 radical (unpaired) electrons. The molecule has 61 heavy (non-hydrogen) atoms. The van der Waals surface area contributed by atoms with Crippen molar-refractivity contribution in [2.24, 2.45) is 0 Å². The van der Waals surface area contributed by atoms with Crippen molar-refractivity contribution in [3.63, 3.8) is 0 Å². The van der Waals surface area contributed by atoms with E-state index in [9.17, 15) is 0 Å². The van der Waals surface area contributed by atoms with Crippen molar-refractivity contribution < 1.29 is 24.5 Å². The SMILES string of the molecule is CC(C)c1cc(C2CCCC2)cc(C(C)(C)C)c1-n1c(-c2[c-]cccc2)nc2ccccc21.Cc1ccc2c(n1)oc1c[c-]c(-c3cc(C(C)C)c([Si](C)(C)C)cn3)cc12.[Ir]. The fourth-order valence-electron chi connectivity index (χ4n) is 8.97. The smallest absolute Gasteiger partial charge is 0.216 e. The van der Waals surface area contributed by atoms with Gasteiger partial charge in [0.15, 0.2) is 0 Å². The van der Waals surface area contributed by atoms with Crippen molar-refractivity contribution in [1.82, 2.24) is 19.5 Å². The first kappa shape index (κ1) is 44.4. The molecule has 1 saturated carbocycles. The van der Waals surface area contributed by atoms with Crippen LogP contribution in [0, 0.1) is 19.1 Å². The zero-order valence-corrected chi connectivity index (χ0v) is 41.2. The van der Waals surface area contributed by atoms with Crippen molar-refractivity contribution in [2.75, 3.05) is 0 Å². The molecule has 0 atom stereocenters. The van der Waals surface area contributed by atoms with Gasteiger partial charge >= 0.3 is 0 Å². The predicted octanol–water partition coefficient (Wildman–Crippen LogP) is 14.4. The molecule has 5 nitrogen and oxygen atoms in total. The second kappa shape index (κ2) is 17.6. The van der Waals surface area contributed by atoms with E-state index in [1.54, 1.807) is 0 Å². The van der Waals surface area contributed by atoms with E-state index in [1.165, 1.54) is 58.8 Å². The van der Waals surface area contributed by atoms with Gasteiger partial charge in [0.2, 0.25) is 5.71 Å². The number of benzene rings is 4. The van der Waals surface area contributed by atoms with Crippen LogP contribution in [0.2, 0.25) is 19.6 Å². The molecule has 8 aromatic rings. The quantitative estimate of drug-likeness (QED) is 0.118. The summed E-state index contributed by atoms with van der Waals surface area (Å²) in [6.07, 6.45) is 7.44. The van der Waals surface area contributed by atoms with E-state index < -0.39 is 8.07 Å². The number of nitrogens with zero attached hydrogens (tertiary/aromatic N) is 4. The van der Waals surface area contributed by atoms with E-state index in [0.29, 0.717) is 23.5 Å². The van der Waals surface area contributed by atoms with Gasteiger partial charge in [-0.15, -0.1) is 59.7 Å². The maximum atomic E-state index is 5.89. The fourth-order valence-corrected chi connectivity index (χ4v) is 10.6. The van der Waals surface area contributed by atoms with E-state index in [2.05, 4.69) is 163 Å². The molecule has 0 unspecified atom stereocenters. The van der Waals surface area contributed by atoms with E-state index in [-0.39, 0.29) is 25.5 Å². The number of fused-ring (bicyclic) bond motifs is 4. The molecular formula is C54H60IrN4OSi-2. The van der Waals surface area contributed by atoms with Crippen LogP contribution in [0.1, 0.15) is 120 Å². The molecule has 1 aliphatic rings. The first-order valence-corrected chi connectivity index (χ1v) is 25.4. The molecule has 0 N–H and O–H groups in total. The van der Waals surface area contributed by atoms with Crippen LogP contribution in [-0.2, 0) is 25.5 Å². The average molecular weight is 1000 g/mol. The van der Waals surface area contributed by atoms with Crippen LogP contribution < -0.4 is 5.19 Å². The number of hydrogen-bond acceptors (Lipinski definition) is 4. The van der Waals surface area contributed by atoms with Crippen molar-refractivity contribution in [3.05, 3.63) is 137 Å². The van der Waals surface area contributed by atoms with Gasteiger partial charge in [0, 0.05) is 43.1 Å². The molecule has 0 bridgehead atoms. The van der Waals surface area contributed by atoms with Crippen LogP contribution in [0.15, 0.2) is 102 Å². The van der Waals surface area contributed by atoms with Gasteiger partial charge in [0.05, 0.1) is 30.5 Å². The molecule has 0 amide bonds. The zero-order chi connectivity index (χ0) is 42.5. The second-order valence-corrected chi connectivity index (χ2v) is 24.6. The van der Waals surface area contributed by atoms with Crippen molar-refractivity contribution >= 4 is 46.4 Å². The number of aryl methyl sites for hydroxylation is 1. The maximum Gasteiger partial charge on any atom is 0.216 e. The zero-order valence-electron chi connectivity index (χ0n) is 37.8. The Hall–Kier alpha value is -4.68. The number of hydrogen-bond donors (Lipinski definition) is 0. The Labute approximate surface area is 377 Å². The molecule has 1 aliphatic carbocycles. The molecule has 9 rings (SSSR count). The van der Waals surface area contributed by atoms with Crippen molar-refractivity contribution in [1.29, 1.82) is 0 Å². The molecule has 1 fully saturated rings. The molecule has 0 aliphatic heterocycles. The summed E-state index contributed by atoms with van der Waals surface area (Å²) in [7, 11) is -1.44. The molecular weight excluding hydrogens is 941 g/mol. The number of aromatic nitrogens is 4. The number of furan rings is 1. The van der Waals surface area contributed by atoms with E-state index in [4.69, 9.17) is 14.4 Å². The summed E-state index contributed by atoms with van der Waals surface area (Å²) in [5.74, 6) is 2.55. The van der Waals surface area contributed by atoms with Crippen LogP contribution in [0.4, 0.5) is 0 Å². The first-order chi connectivity index (χ1) is 28.6. The molecule has 0 saturated heterocycles. The van der Waals surface area contributed by atoms with Gasteiger partial charge in [-0.2, -0.15) is 0 Å². The van der Waals surface area contributed by atoms with Crippen molar-refractivity contribution in [3.8, 4) is 28.3 Å². The summed E-state index contributed by atoms with van der Waals surface area (Å²) in [5.41, 5.74) is 14.7. The molecule has 4 heterocycles. The van der Waals surface area contributed by atoms with Gasteiger partial charge in [-0.05, 0) is 94.8 Å².